The number of anilines is 1. The molecular formula is C20H13Cl3N4O. The maximum Gasteiger partial charge on any atom is 0.277 e. The van der Waals surface area contributed by atoms with E-state index in [2.05, 4.69) is 10.3 Å². The fourth-order valence-corrected chi connectivity index (χ4v) is 3.46. The van der Waals surface area contributed by atoms with Gasteiger partial charge in [0, 0.05) is 18.0 Å². The summed E-state index contributed by atoms with van der Waals surface area (Å²) in [6.45, 7) is 1.96. The molecule has 5 nitrogen and oxygen atoms in total. The van der Waals surface area contributed by atoms with Crippen LogP contribution < -0.4 is 5.32 Å². The number of aromatic nitrogens is 3. The lowest BCUT2D eigenvalue weighted by Gasteiger charge is -2.09. The first-order valence-corrected chi connectivity index (χ1v) is 9.44. The summed E-state index contributed by atoms with van der Waals surface area (Å²) < 4.78 is 1.82. The molecule has 8 heteroatoms. The molecule has 140 valence electrons. The van der Waals surface area contributed by atoms with Crippen molar-refractivity contribution < 1.29 is 4.79 Å². The molecule has 0 fully saturated rings. The van der Waals surface area contributed by atoms with Gasteiger partial charge in [0.05, 0.1) is 15.1 Å². The number of pyridine rings is 2. The molecule has 0 aliphatic rings. The Labute approximate surface area is 175 Å². The molecule has 1 N–H and O–H groups in total. The minimum absolute atomic E-state index is 0.00192. The van der Waals surface area contributed by atoms with Gasteiger partial charge in [-0.3, -0.25) is 9.20 Å². The molecule has 0 spiro atoms. The lowest BCUT2D eigenvalue weighted by Crippen LogP contribution is -2.16. The summed E-state index contributed by atoms with van der Waals surface area (Å²) in [6, 6.07) is 13.4. The van der Waals surface area contributed by atoms with E-state index in [0.717, 1.165) is 16.8 Å². The van der Waals surface area contributed by atoms with Crippen LogP contribution in [0.3, 0.4) is 0 Å². The van der Waals surface area contributed by atoms with Crippen LogP contribution in [0.15, 0.2) is 54.9 Å². The molecule has 1 aromatic carbocycles. The predicted molar refractivity (Wildman–Crippen MR) is 113 cm³/mol. The molecule has 3 heterocycles. The Bertz CT molecular complexity index is 1210. The predicted octanol–water partition coefficient (Wildman–Crippen LogP) is 5.92. The van der Waals surface area contributed by atoms with Crippen LogP contribution in [0.2, 0.25) is 15.1 Å². The third kappa shape index (κ3) is 3.22. The van der Waals surface area contributed by atoms with Crippen LogP contribution in [0.1, 0.15) is 16.1 Å². The Balaban J connectivity index is 1.85. The van der Waals surface area contributed by atoms with Crippen LogP contribution in [-0.2, 0) is 0 Å². The minimum atomic E-state index is -0.510. The number of nitrogens with one attached hydrogen (secondary N) is 1. The molecule has 0 bridgehead atoms. The first kappa shape index (κ1) is 18.7. The lowest BCUT2D eigenvalue weighted by atomic mass is 10.1. The van der Waals surface area contributed by atoms with E-state index in [1.807, 2.05) is 60.0 Å². The Morgan fingerprint density at radius 1 is 1.04 bits per heavy atom. The zero-order chi connectivity index (χ0) is 19.8. The van der Waals surface area contributed by atoms with E-state index in [4.69, 9.17) is 39.8 Å². The number of rotatable bonds is 3. The molecule has 0 aliphatic heterocycles. The van der Waals surface area contributed by atoms with Gasteiger partial charge in [0.2, 0.25) is 0 Å². The molecule has 0 atom stereocenters. The van der Waals surface area contributed by atoms with E-state index in [0.29, 0.717) is 11.5 Å². The Kier molecular flexibility index (Phi) is 4.98. The zero-order valence-electron chi connectivity index (χ0n) is 14.6. The maximum atomic E-state index is 12.9. The Morgan fingerprint density at radius 3 is 2.54 bits per heavy atom. The first-order chi connectivity index (χ1) is 13.5. The molecule has 28 heavy (non-hydrogen) atoms. The molecule has 1 amide bonds. The van der Waals surface area contributed by atoms with Crippen molar-refractivity contribution in [3.05, 3.63) is 81.2 Å². The number of nitrogens with zero attached hydrogens (tertiary/aromatic N) is 3. The lowest BCUT2D eigenvalue weighted by molar-refractivity contribution is 0.102. The molecule has 0 aliphatic carbocycles. The molecule has 3 aromatic heterocycles. The van der Waals surface area contributed by atoms with Gasteiger partial charge in [0.25, 0.3) is 5.91 Å². The van der Waals surface area contributed by atoms with E-state index in [9.17, 15) is 4.79 Å². The van der Waals surface area contributed by atoms with Gasteiger partial charge in [0.15, 0.2) is 0 Å². The summed E-state index contributed by atoms with van der Waals surface area (Å²) >= 11 is 18.1. The van der Waals surface area contributed by atoms with Crippen LogP contribution in [0.4, 0.5) is 5.82 Å². The van der Waals surface area contributed by atoms with Crippen molar-refractivity contribution in [3.63, 3.8) is 0 Å². The van der Waals surface area contributed by atoms with Crippen LogP contribution in [0.5, 0.6) is 0 Å². The number of halogens is 3. The highest BCUT2D eigenvalue weighted by molar-refractivity contribution is 6.49. The number of fused-ring (bicyclic) bond motifs is 1. The molecule has 4 rings (SSSR count). The zero-order valence-corrected chi connectivity index (χ0v) is 16.8. The topological polar surface area (TPSA) is 59.3 Å². The number of aryl methyl sites for hydroxylation is 1. The summed E-state index contributed by atoms with van der Waals surface area (Å²) in [5.41, 5.74) is 3.21. The van der Waals surface area contributed by atoms with Crippen molar-refractivity contribution in [2.45, 2.75) is 6.92 Å². The molecule has 4 aromatic rings. The normalized spacial score (nSPS) is 11.0. The average Bonchev–Trinajstić information content (AvgIpc) is 3.07. The molecular weight excluding hydrogens is 419 g/mol. The highest BCUT2D eigenvalue weighted by Gasteiger charge is 2.22. The largest absolute Gasteiger partial charge is 0.304 e. The minimum Gasteiger partial charge on any atom is -0.304 e. The van der Waals surface area contributed by atoms with E-state index < -0.39 is 5.91 Å². The van der Waals surface area contributed by atoms with E-state index in [1.165, 1.54) is 6.20 Å². The van der Waals surface area contributed by atoms with Crippen molar-refractivity contribution >= 4 is 52.2 Å². The van der Waals surface area contributed by atoms with E-state index in [-0.39, 0.29) is 20.8 Å². The number of carbonyl (C=O) groups excluding carboxylic acids is 1. The quantitative estimate of drug-likeness (QED) is 0.438. The monoisotopic (exact) mass is 430 g/mol. The maximum absolute atomic E-state index is 12.9. The second-order valence-electron chi connectivity index (χ2n) is 6.10. The van der Waals surface area contributed by atoms with Crippen LogP contribution in [0, 0.1) is 6.92 Å². The van der Waals surface area contributed by atoms with Gasteiger partial charge in [-0.25, -0.2) is 9.97 Å². The molecule has 0 radical (unpaired) electrons. The van der Waals surface area contributed by atoms with Crippen LogP contribution in [-0.4, -0.2) is 20.3 Å². The second-order valence-corrected chi connectivity index (χ2v) is 7.26. The molecule has 0 saturated carbocycles. The molecule has 0 unspecified atom stereocenters. The van der Waals surface area contributed by atoms with Crippen molar-refractivity contribution in [2.24, 2.45) is 0 Å². The summed E-state index contributed by atoms with van der Waals surface area (Å²) in [5, 5.41) is 3.14. The second kappa shape index (κ2) is 7.43. The fourth-order valence-electron chi connectivity index (χ4n) is 2.89. The fraction of sp³-hybridized carbons (Fsp3) is 0.0500. The van der Waals surface area contributed by atoms with Crippen molar-refractivity contribution in [3.8, 4) is 11.3 Å². The van der Waals surface area contributed by atoms with E-state index in [1.54, 1.807) is 0 Å². The van der Waals surface area contributed by atoms with Gasteiger partial charge in [-0.15, -0.1) is 0 Å². The third-order valence-corrected chi connectivity index (χ3v) is 5.50. The number of hydrogen-bond donors (Lipinski definition) is 1. The van der Waals surface area contributed by atoms with E-state index >= 15 is 0 Å². The van der Waals surface area contributed by atoms with Gasteiger partial charge < -0.3 is 5.32 Å². The van der Waals surface area contributed by atoms with Gasteiger partial charge in [-0.05, 0) is 18.6 Å². The average molecular weight is 432 g/mol. The standard InChI is InChI=1S/C20H13Cl3N4O/c1-11-6-5-9-27-18(11)25-16(12-7-3-2-4-8-12)19(27)26-20(28)17-15(23)14(22)13(21)10-24-17/h2-10H,1H3,(H,26,28). The number of imidazole rings is 1. The first-order valence-electron chi connectivity index (χ1n) is 8.31. The van der Waals surface area contributed by atoms with Crippen molar-refractivity contribution in [2.75, 3.05) is 5.32 Å². The van der Waals surface area contributed by atoms with Crippen molar-refractivity contribution in [1.82, 2.24) is 14.4 Å². The number of carbonyl (C=O) groups is 1. The van der Waals surface area contributed by atoms with Crippen molar-refractivity contribution in [1.29, 1.82) is 0 Å². The summed E-state index contributed by atoms with van der Waals surface area (Å²) in [4.78, 5) is 21.7. The molecule has 0 saturated heterocycles. The summed E-state index contributed by atoms with van der Waals surface area (Å²) in [7, 11) is 0. The number of amides is 1. The highest BCUT2D eigenvalue weighted by atomic mass is 35.5. The smallest absolute Gasteiger partial charge is 0.277 e. The Morgan fingerprint density at radius 2 is 1.79 bits per heavy atom. The van der Waals surface area contributed by atoms with Gasteiger partial charge in [0.1, 0.15) is 22.9 Å². The van der Waals surface area contributed by atoms with Crippen LogP contribution >= 0.6 is 34.8 Å². The third-order valence-electron chi connectivity index (χ3n) is 4.26. The SMILES string of the molecule is Cc1cccn2c(NC(=O)c3ncc(Cl)c(Cl)c3Cl)c(-c3ccccc3)nc12. The summed E-state index contributed by atoms with van der Waals surface area (Å²) in [6.07, 6.45) is 3.13. The number of benzene rings is 1. The van der Waals surface area contributed by atoms with Gasteiger partial charge >= 0.3 is 0 Å². The van der Waals surface area contributed by atoms with Gasteiger partial charge in [-0.2, -0.15) is 0 Å². The van der Waals surface area contributed by atoms with Crippen LogP contribution in [0.25, 0.3) is 16.9 Å². The number of hydrogen-bond acceptors (Lipinski definition) is 3. The highest BCUT2D eigenvalue weighted by Crippen LogP contribution is 2.33. The Hall–Kier alpha value is -2.60. The van der Waals surface area contributed by atoms with Gasteiger partial charge in [-0.1, -0.05) is 71.2 Å². The summed E-state index contributed by atoms with van der Waals surface area (Å²) in [5.74, 6) is 0.00268.